The molecule has 186 valence electrons. The lowest BCUT2D eigenvalue weighted by Crippen LogP contribution is -2.50. The maximum Gasteiger partial charge on any atom is 0.334 e. The van der Waals surface area contributed by atoms with Gasteiger partial charge in [-0.15, -0.1) is 0 Å². The number of rotatable bonds is 0. The molecule has 2 aliphatic heterocycles. The van der Waals surface area contributed by atoms with Gasteiger partial charge in [-0.1, -0.05) is 36.3 Å². The maximum absolute atomic E-state index is 14.1. The van der Waals surface area contributed by atoms with Crippen LogP contribution in [-0.4, -0.2) is 34.9 Å². The van der Waals surface area contributed by atoms with Gasteiger partial charge in [0.2, 0.25) is 0 Å². The second-order valence-corrected chi connectivity index (χ2v) is 13.0. The highest BCUT2D eigenvalue weighted by atomic mass is 16.6. The average molecular weight is 477 g/mol. The molecule has 0 aromatic heterocycles. The van der Waals surface area contributed by atoms with E-state index >= 15 is 0 Å². The summed E-state index contributed by atoms with van der Waals surface area (Å²) in [7, 11) is 0. The normalized spacial score (nSPS) is 50.0. The molecular formula is C30H36O5. The first kappa shape index (κ1) is 22.1. The molecule has 5 aliphatic carbocycles. The van der Waals surface area contributed by atoms with Crippen molar-refractivity contribution in [1.82, 2.24) is 0 Å². The first-order valence-corrected chi connectivity index (χ1v) is 13.4. The number of hydrogen-bond acceptors (Lipinski definition) is 5. The van der Waals surface area contributed by atoms with E-state index in [1.165, 1.54) is 16.7 Å². The average Bonchev–Trinajstić information content (AvgIpc) is 3.50. The lowest BCUT2D eigenvalue weighted by Gasteiger charge is -2.48. The summed E-state index contributed by atoms with van der Waals surface area (Å²) in [6.45, 7) is 12.6. The summed E-state index contributed by atoms with van der Waals surface area (Å²) in [4.78, 5) is 26.8. The predicted molar refractivity (Wildman–Crippen MR) is 130 cm³/mol. The van der Waals surface area contributed by atoms with Crippen molar-refractivity contribution < 1.29 is 24.2 Å². The lowest BCUT2D eigenvalue weighted by molar-refractivity contribution is -0.154. The monoisotopic (exact) mass is 476 g/mol. The second kappa shape index (κ2) is 6.59. The number of fused-ring (bicyclic) bond motifs is 11. The molecule has 0 unspecified atom stereocenters. The largest absolute Gasteiger partial charge is 0.461 e. The summed E-state index contributed by atoms with van der Waals surface area (Å²) < 4.78 is 12.4. The topological polar surface area (TPSA) is 72.8 Å². The van der Waals surface area contributed by atoms with E-state index in [1.54, 1.807) is 0 Å². The Morgan fingerprint density at radius 2 is 1.86 bits per heavy atom. The van der Waals surface area contributed by atoms with Crippen LogP contribution in [0.4, 0.5) is 0 Å². The van der Waals surface area contributed by atoms with Crippen LogP contribution in [0, 0.1) is 34.5 Å². The van der Waals surface area contributed by atoms with Crippen molar-refractivity contribution >= 4 is 11.9 Å². The molecule has 5 heteroatoms. The molecule has 2 heterocycles. The SMILES string of the molecule is C=C1C(=O)O[C@@H]2C3=C([C@H]4C[C@@]3(C)[C@]3(C4)C(=O)O[C@@H]4[C@H]5C(C)=CCC5=C(C)CC[C@H]43)[C@@](C)(O)CC[C@@H]12. The smallest absolute Gasteiger partial charge is 0.334 e. The summed E-state index contributed by atoms with van der Waals surface area (Å²) in [5.74, 6) is -0.106. The van der Waals surface area contributed by atoms with Crippen molar-refractivity contribution in [2.75, 3.05) is 0 Å². The van der Waals surface area contributed by atoms with Crippen molar-refractivity contribution in [3.63, 3.8) is 0 Å². The van der Waals surface area contributed by atoms with Gasteiger partial charge in [0.05, 0.1) is 11.0 Å². The molecule has 0 aromatic carbocycles. The molecule has 2 saturated heterocycles. The van der Waals surface area contributed by atoms with Crippen LogP contribution in [0.25, 0.3) is 0 Å². The van der Waals surface area contributed by atoms with E-state index in [-0.39, 0.29) is 41.7 Å². The van der Waals surface area contributed by atoms with Gasteiger partial charge in [0.1, 0.15) is 12.2 Å². The fourth-order valence-electron chi connectivity index (χ4n) is 9.95. The molecule has 9 atom stereocenters. The number of ether oxygens (including phenoxy) is 2. The van der Waals surface area contributed by atoms with E-state index in [4.69, 9.17) is 9.47 Å². The van der Waals surface area contributed by atoms with E-state index in [9.17, 15) is 14.7 Å². The fraction of sp³-hybridized carbons (Fsp3) is 0.667. The molecule has 1 saturated carbocycles. The zero-order chi connectivity index (χ0) is 24.7. The van der Waals surface area contributed by atoms with Crippen LogP contribution in [0.2, 0.25) is 0 Å². The molecule has 7 aliphatic rings. The highest BCUT2D eigenvalue weighted by Crippen LogP contribution is 2.76. The zero-order valence-corrected chi connectivity index (χ0v) is 21.3. The van der Waals surface area contributed by atoms with E-state index in [0.29, 0.717) is 18.4 Å². The van der Waals surface area contributed by atoms with Gasteiger partial charge in [-0.05, 0) is 82.8 Å². The van der Waals surface area contributed by atoms with Crippen molar-refractivity contribution in [3.8, 4) is 0 Å². The van der Waals surface area contributed by atoms with Gasteiger partial charge in [0, 0.05) is 28.7 Å². The van der Waals surface area contributed by atoms with Gasteiger partial charge in [-0.2, -0.15) is 0 Å². The van der Waals surface area contributed by atoms with Crippen LogP contribution in [0.5, 0.6) is 0 Å². The molecule has 1 N–H and O–H groups in total. The Balaban J connectivity index is 1.40. The van der Waals surface area contributed by atoms with Gasteiger partial charge in [-0.25, -0.2) is 4.79 Å². The van der Waals surface area contributed by atoms with Crippen molar-refractivity contribution in [2.45, 2.75) is 90.4 Å². The molecule has 0 radical (unpaired) electrons. The number of allylic oxidation sites excluding steroid dienone is 2. The summed E-state index contributed by atoms with van der Waals surface area (Å²) in [6.07, 6.45) is 7.46. The maximum atomic E-state index is 14.1. The standard InChI is InChI=1S/C30H36O5/c1-14-7-9-20-25(21-15(2)6-8-18(14)21)35-27(32)30(20)13-17-12-28(30,4)23-22(17)29(5,33)11-10-19-16(3)26(31)34-24(19)23/h6,17,19-21,24-25,33H,3,7-13H2,1-2,4-5H3/t17-,19-,20+,21-,24-,25-,28+,29-,30-/m0/s1. The van der Waals surface area contributed by atoms with Crippen LogP contribution in [0.3, 0.4) is 0 Å². The van der Waals surface area contributed by atoms with E-state index < -0.39 is 22.5 Å². The summed E-state index contributed by atoms with van der Waals surface area (Å²) in [5.41, 5.74) is 4.71. The number of aliphatic hydroxyl groups is 1. The number of hydrogen-bond donors (Lipinski definition) is 1. The Bertz CT molecular complexity index is 1200. The molecule has 5 nitrogen and oxygen atoms in total. The van der Waals surface area contributed by atoms with Crippen LogP contribution in [0.15, 0.2) is 46.1 Å². The molecular weight excluding hydrogens is 440 g/mol. The van der Waals surface area contributed by atoms with Crippen molar-refractivity contribution in [2.24, 2.45) is 34.5 Å². The Morgan fingerprint density at radius 1 is 1.09 bits per heavy atom. The summed E-state index contributed by atoms with van der Waals surface area (Å²) in [5, 5.41) is 11.7. The summed E-state index contributed by atoms with van der Waals surface area (Å²) >= 11 is 0. The third-order valence-corrected chi connectivity index (χ3v) is 11.5. The van der Waals surface area contributed by atoms with E-state index in [1.807, 2.05) is 6.92 Å². The molecule has 0 aromatic rings. The third kappa shape index (κ3) is 2.40. The Hall–Kier alpha value is -2.14. The Morgan fingerprint density at radius 3 is 2.63 bits per heavy atom. The Kier molecular flexibility index (Phi) is 4.16. The third-order valence-electron chi connectivity index (χ3n) is 11.5. The molecule has 3 fully saturated rings. The minimum Gasteiger partial charge on any atom is -0.461 e. The van der Waals surface area contributed by atoms with Gasteiger partial charge >= 0.3 is 11.9 Å². The second-order valence-electron chi connectivity index (χ2n) is 13.0. The van der Waals surface area contributed by atoms with Crippen LogP contribution >= 0.6 is 0 Å². The highest BCUT2D eigenvalue weighted by molar-refractivity contribution is 5.92. The minimum atomic E-state index is -0.960. The van der Waals surface area contributed by atoms with Crippen molar-refractivity contribution in [3.05, 3.63) is 46.1 Å². The summed E-state index contributed by atoms with van der Waals surface area (Å²) in [6, 6.07) is 0. The number of esters is 2. The lowest BCUT2D eigenvalue weighted by atomic mass is 9.53. The van der Waals surface area contributed by atoms with Crippen LogP contribution in [0.1, 0.15) is 72.6 Å². The number of carbonyl (C=O) groups excluding carboxylic acids is 2. The molecule has 2 bridgehead atoms. The zero-order valence-electron chi connectivity index (χ0n) is 21.3. The van der Waals surface area contributed by atoms with Gasteiger partial charge in [0.25, 0.3) is 0 Å². The van der Waals surface area contributed by atoms with Crippen LogP contribution in [-0.2, 0) is 19.1 Å². The van der Waals surface area contributed by atoms with Gasteiger partial charge in [-0.3, -0.25) is 4.79 Å². The first-order valence-electron chi connectivity index (χ1n) is 13.4. The number of carbonyl (C=O) groups is 2. The van der Waals surface area contributed by atoms with Gasteiger partial charge in [0.15, 0.2) is 0 Å². The quantitative estimate of drug-likeness (QED) is 0.304. The van der Waals surface area contributed by atoms with Crippen LogP contribution < -0.4 is 0 Å². The van der Waals surface area contributed by atoms with E-state index in [2.05, 4.69) is 33.4 Å². The molecule has 1 spiro atoms. The Labute approximate surface area is 207 Å². The fourth-order valence-corrected chi connectivity index (χ4v) is 9.95. The van der Waals surface area contributed by atoms with Crippen molar-refractivity contribution in [1.29, 1.82) is 0 Å². The minimum absolute atomic E-state index is 0.0637. The molecule has 7 rings (SSSR count). The van der Waals surface area contributed by atoms with Gasteiger partial charge < -0.3 is 14.6 Å². The predicted octanol–water partition coefficient (Wildman–Crippen LogP) is 4.96. The molecule has 0 amide bonds. The highest BCUT2D eigenvalue weighted by Gasteiger charge is 2.76. The molecule has 35 heavy (non-hydrogen) atoms. The first-order chi connectivity index (χ1) is 16.5. The van der Waals surface area contributed by atoms with E-state index in [0.717, 1.165) is 43.3 Å².